The van der Waals surface area contributed by atoms with E-state index in [0.29, 0.717) is 12.1 Å². The first-order valence-corrected chi connectivity index (χ1v) is 9.06. The summed E-state index contributed by atoms with van der Waals surface area (Å²) >= 11 is 1.02. The van der Waals surface area contributed by atoms with Gasteiger partial charge in [-0.1, -0.05) is 23.9 Å². The van der Waals surface area contributed by atoms with E-state index in [2.05, 4.69) is 12.2 Å². The fourth-order valence-electron chi connectivity index (χ4n) is 3.03. The molecule has 0 radical (unpaired) electrons. The van der Waals surface area contributed by atoms with Gasteiger partial charge in [-0.05, 0) is 31.5 Å². The fraction of sp³-hybridized carbons (Fsp3) is 0.471. The van der Waals surface area contributed by atoms with Crippen LogP contribution in [0.3, 0.4) is 0 Å². The molecule has 0 spiro atoms. The average molecular weight is 384 g/mol. The Labute approximate surface area is 157 Å². The molecule has 0 aliphatic carbocycles. The topological polar surface area (TPSA) is 69.7 Å². The van der Waals surface area contributed by atoms with Gasteiger partial charge >= 0.3 is 0 Å². The van der Waals surface area contributed by atoms with Gasteiger partial charge in [-0.3, -0.25) is 19.3 Å². The molecule has 25 heavy (non-hydrogen) atoms. The molecule has 3 rings (SSSR count). The van der Waals surface area contributed by atoms with E-state index in [1.807, 2.05) is 17.9 Å². The number of hydrogen-bond acceptors (Lipinski definition) is 5. The van der Waals surface area contributed by atoms with Crippen LogP contribution >= 0.6 is 24.2 Å². The molecule has 136 valence electrons. The van der Waals surface area contributed by atoms with Gasteiger partial charge in [0.25, 0.3) is 11.1 Å². The van der Waals surface area contributed by atoms with E-state index in [4.69, 9.17) is 0 Å². The van der Waals surface area contributed by atoms with Crippen molar-refractivity contribution in [3.63, 3.8) is 0 Å². The Balaban J connectivity index is 0.00000225. The minimum atomic E-state index is -0.221. The molecule has 8 heteroatoms. The van der Waals surface area contributed by atoms with Crippen molar-refractivity contribution in [2.75, 3.05) is 18.8 Å². The number of nitrogens with one attached hydrogen (secondary N) is 1. The maximum atomic E-state index is 12.8. The lowest BCUT2D eigenvalue weighted by atomic mass is 10.0. The minimum Gasteiger partial charge on any atom is -0.333 e. The molecule has 0 saturated carbocycles. The summed E-state index contributed by atoms with van der Waals surface area (Å²) in [6, 6.07) is 7.58. The van der Waals surface area contributed by atoms with Crippen molar-refractivity contribution in [3.05, 3.63) is 35.4 Å². The molecule has 2 heterocycles. The molecule has 2 unspecified atom stereocenters. The van der Waals surface area contributed by atoms with Gasteiger partial charge in [0.2, 0.25) is 5.91 Å². The van der Waals surface area contributed by atoms with Gasteiger partial charge in [-0.15, -0.1) is 12.4 Å². The van der Waals surface area contributed by atoms with Gasteiger partial charge in [0.05, 0.1) is 12.3 Å². The highest BCUT2D eigenvalue weighted by molar-refractivity contribution is 8.14. The predicted molar refractivity (Wildman–Crippen MR) is 100 cm³/mol. The van der Waals surface area contributed by atoms with Crippen molar-refractivity contribution in [3.8, 4) is 0 Å². The van der Waals surface area contributed by atoms with Crippen molar-refractivity contribution in [2.45, 2.75) is 32.5 Å². The number of rotatable bonds is 3. The van der Waals surface area contributed by atoms with Crippen molar-refractivity contribution < 1.29 is 14.4 Å². The first kappa shape index (κ1) is 19.8. The van der Waals surface area contributed by atoms with Crippen LogP contribution < -0.4 is 5.32 Å². The number of halogens is 1. The Morgan fingerprint density at radius 2 is 2.08 bits per heavy atom. The number of amides is 3. The van der Waals surface area contributed by atoms with E-state index in [1.165, 1.54) is 4.90 Å². The summed E-state index contributed by atoms with van der Waals surface area (Å²) in [4.78, 5) is 39.4. The van der Waals surface area contributed by atoms with Crippen LogP contribution in [0.4, 0.5) is 4.79 Å². The Morgan fingerprint density at radius 3 is 2.76 bits per heavy atom. The van der Waals surface area contributed by atoms with Gasteiger partial charge in [0, 0.05) is 30.7 Å². The van der Waals surface area contributed by atoms with Gasteiger partial charge in [0.1, 0.15) is 0 Å². The monoisotopic (exact) mass is 383 g/mol. The van der Waals surface area contributed by atoms with Crippen LogP contribution in [0.5, 0.6) is 0 Å². The minimum absolute atomic E-state index is 0. The Hall–Kier alpha value is -1.57. The number of carbonyl (C=O) groups is 3. The second-order valence-electron chi connectivity index (χ2n) is 6.22. The van der Waals surface area contributed by atoms with Gasteiger partial charge in [-0.2, -0.15) is 0 Å². The number of nitrogens with zero attached hydrogens (tertiary/aromatic N) is 2. The second kappa shape index (κ2) is 8.21. The third-order valence-electron chi connectivity index (χ3n) is 4.65. The molecule has 6 nitrogen and oxygen atoms in total. The Kier molecular flexibility index (Phi) is 6.48. The zero-order valence-electron chi connectivity index (χ0n) is 14.2. The fourth-order valence-corrected chi connectivity index (χ4v) is 3.75. The van der Waals surface area contributed by atoms with E-state index >= 15 is 0 Å². The predicted octanol–water partition coefficient (Wildman–Crippen LogP) is 2.13. The van der Waals surface area contributed by atoms with E-state index in [-0.39, 0.29) is 53.8 Å². The highest BCUT2D eigenvalue weighted by atomic mass is 35.5. The molecule has 1 aromatic rings. The number of carbonyl (C=O) groups excluding carboxylic acids is 3. The summed E-state index contributed by atoms with van der Waals surface area (Å²) in [5, 5.41) is 3.14. The van der Waals surface area contributed by atoms with Crippen LogP contribution in [0.25, 0.3) is 0 Å². The molecule has 2 aliphatic heterocycles. The summed E-state index contributed by atoms with van der Waals surface area (Å²) in [5.41, 5.74) is 1.39. The van der Waals surface area contributed by atoms with Gasteiger partial charge < -0.3 is 10.2 Å². The lowest BCUT2D eigenvalue weighted by Crippen LogP contribution is -2.57. The van der Waals surface area contributed by atoms with Crippen molar-refractivity contribution in [1.82, 2.24) is 15.1 Å². The Morgan fingerprint density at radius 1 is 1.32 bits per heavy atom. The third-order valence-corrected chi connectivity index (χ3v) is 5.51. The molecular weight excluding hydrogens is 362 g/mol. The average Bonchev–Trinajstić information content (AvgIpc) is 2.89. The van der Waals surface area contributed by atoms with Crippen LogP contribution in [-0.4, -0.2) is 57.8 Å². The molecule has 2 fully saturated rings. The molecule has 0 aromatic heterocycles. The number of thioether (sulfide) groups is 1. The molecule has 2 atom stereocenters. The summed E-state index contributed by atoms with van der Waals surface area (Å²) in [6.07, 6.45) is 0. The first-order chi connectivity index (χ1) is 11.5. The maximum Gasteiger partial charge on any atom is 0.289 e. The summed E-state index contributed by atoms with van der Waals surface area (Å²) in [6.45, 7) is 5.79. The number of hydrogen-bond donors (Lipinski definition) is 1. The molecule has 3 amide bonds. The van der Waals surface area contributed by atoms with E-state index in [0.717, 1.165) is 23.9 Å². The lowest BCUT2D eigenvalue weighted by Gasteiger charge is -2.38. The lowest BCUT2D eigenvalue weighted by molar-refractivity contribution is -0.125. The second-order valence-corrected chi connectivity index (χ2v) is 7.14. The number of benzene rings is 1. The zero-order chi connectivity index (χ0) is 17.3. The number of piperazine rings is 1. The van der Waals surface area contributed by atoms with Crippen LogP contribution in [0.15, 0.2) is 24.3 Å². The highest BCUT2D eigenvalue weighted by Gasteiger charge is 2.31. The largest absolute Gasteiger partial charge is 0.333 e. The van der Waals surface area contributed by atoms with Crippen LogP contribution in [0.1, 0.15) is 29.8 Å². The maximum absolute atomic E-state index is 12.8. The molecule has 2 saturated heterocycles. The quantitative estimate of drug-likeness (QED) is 0.865. The van der Waals surface area contributed by atoms with Crippen LogP contribution in [0.2, 0.25) is 0 Å². The van der Waals surface area contributed by atoms with Crippen LogP contribution in [-0.2, 0) is 11.3 Å². The first-order valence-electron chi connectivity index (χ1n) is 8.08. The molecule has 0 bridgehead atoms. The molecule has 1 aromatic carbocycles. The molecule has 1 N–H and O–H groups in total. The van der Waals surface area contributed by atoms with Gasteiger partial charge in [0.15, 0.2) is 0 Å². The molecule has 2 aliphatic rings. The Bertz CT molecular complexity index is 669. The van der Waals surface area contributed by atoms with Crippen molar-refractivity contribution in [1.29, 1.82) is 0 Å². The standard InChI is InChI=1S/C17H21N3O3S.ClH/c1-11-12(2)19(7-6-18-11)16(22)14-5-3-4-13(8-14)9-20-15(21)10-24-17(20)23;/h3-5,8,11-12,18H,6-7,9-10H2,1-2H3;1H. The van der Waals surface area contributed by atoms with E-state index in [9.17, 15) is 14.4 Å². The molecular formula is C17H22ClN3O3S. The summed E-state index contributed by atoms with van der Waals surface area (Å²) < 4.78 is 0. The number of imide groups is 1. The van der Waals surface area contributed by atoms with Crippen molar-refractivity contribution in [2.24, 2.45) is 0 Å². The summed E-state index contributed by atoms with van der Waals surface area (Å²) in [5.74, 6) is 0.0191. The normalized spacial score (nSPS) is 23.6. The van der Waals surface area contributed by atoms with Crippen molar-refractivity contribution >= 4 is 41.2 Å². The highest BCUT2D eigenvalue weighted by Crippen LogP contribution is 2.22. The third kappa shape index (κ3) is 4.16. The smallest absolute Gasteiger partial charge is 0.289 e. The van der Waals surface area contributed by atoms with E-state index < -0.39 is 0 Å². The van der Waals surface area contributed by atoms with E-state index in [1.54, 1.807) is 18.2 Å². The van der Waals surface area contributed by atoms with Crippen LogP contribution in [0, 0.1) is 0 Å². The SMILES string of the molecule is CC1NCCN(C(=O)c2cccc(CN3C(=O)CSC3=O)c2)C1C.Cl. The summed E-state index contributed by atoms with van der Waals surface area (Å²) in [7, 11) is 0. The van der Waals surface area contributed by atoms with Gasteiger partial charge in [-0.25, -0.2) is 0 Å². The zero-order valence-corrected chi connectivity index (χ0v) is 15.9.